The summed E-state index contributed by atoms with van der Waals surface area (Å²) in [5, 5.41) is 8.73. The van der Waals surface area contributed by atoms with Crippen molar-refractivity contribution in [3.8, 4) is 0 Å². The molecule has 1 N–H and O–H groups in total. The molecule has 0 atom stereocenters. The third kappa shape index (κ3) is 5.84. The first-order chi connectivity index (χ1) is 9.86. The molecule has 2 heteroatoms. The highest BCUT2D eigenvalue weighted by atomic mass is 19.1. The standard InChI is InChI=1S/C19H27FO/c1-15(12-14-21)7-5-9-17(20)10-11-18-16(2)8-6-13-19(18,3)4/h5,7,9-12,21H,6,8,13-14H2,1-4H3/b7-5-,11-10+,15-12+,17-9-. The van der Waals surface area contributed by atoms with Crippen molar-refractivity contribution in [1.29, 1.82) is 0 Å². The van der Waals surface area contributed by atoms with Gasteiger partial charge in [0.05, 0.1) is 6.61 Å². The summed E-state index contributed by atoms with van der Waals surface area (Å²) in [6.45, 7) is 8.46. The Morgan fingerprint density at radius 2 is 2.05 bits per heavy atom. The largest absolute Gasteiger partial charge is 0.392 e. The van der Waals surface area contributed by atoms with Crippen molar-refractivity contribution in [1.82, 2.24) is 0 Å². The molecule has 1 aliphatic carbocycles. The number of aliphatic hydroxyl groups excluding tert-OH is 1. The SMILES string of the molecule is CC1=C(/C=C/C(F)=C/C=C\C(C)=C\CO)C(C)(C)CCC1. The summed E-state index contributed by atoms with van der Waals surface area (Å²) in [4.78, 5) is 0. The predicted molar refractivity (Wildman–Crippen MR) is 88.6 cm³/mol. The summed E-state index contributed by atoms with van der Waals surface area (Å²) < 4.78 is 13.8. The topological polar surface area (TPSA) is 20.2 Å². The molecule has 0 aliphatic heterocycles. The molecule has 1 aliphatic rings. The molecule has 0 aromatic heterocycles. The van der Waals surface area contributed by atoms with Crippen LogP contribution in [0.3, 0.4) is 0 Å². The lowest BCUT2D eigenvalue weighted by molar-refractivity contribution is 0.342. The molecule has 0 aromatic carbocycles. The highest BCUT2D eigenvalue weighted by Gasteiger charge is 2.26. The molecule has 0 radical (unpaired) electrons. The van der Waals surface area contributed by atoms with Crippen molar-refractivity contribution in [3.05, 3.63) is 59.0 Å². The van der Waals surface area contributed by atoms with Gasteiger partial charge in [-0.15, -0.1) is 0 Å². The van der Waals surface area contributed by atoms with Crippen LogP contribution in [0.25, 0.3) is 0 Å². The molecule has 116 valence electrons. The lowest BCUT2D eigenvalue weighted by Crippen LogP contribution is -2.19. The zero-order chi connectivity index (χ0) is 15.9. The van der Waals surface area contributed by atoms with Gasteiger partial charge in [-0.25, -0.2) is 4.39 Å². The van der Waals surface area contributed by atoms with E-state index in [1.54, 1.807) is 24.3 Å². The third-order valence-corrected chi connectivity index (χ3v) is 3.98. The summed E-state index contributed by atoms with van der Waals surface area (Å²) in [7, 11) is 0. The second-order valence-electron chi connectivity index (χ2n) is 6.31. The van der Waals surface area contributed by atoms with E-state index in [0.29, 0.717) is 0 Å². The average Bonchev–Trinajstić information content (AvgIpc) is 2.37. The van der Waals surface area contributed by atoms with Crippen molar-refractivity contribution in [3.63, 3.8) is 0 Å². The van der Waals surface area contributed by atoms with Gasteiger partial charge in [0.2, 0.25) is 0 Å². The molecule has 0 unspecified atom stereocenters. The molecule has 0 saturated carbocycles. The van der Waals surface area contributed by atoms with E-state index in [4.69, 9.17) is 5.11 Å². The summed E-state index contributed by atoms with van der Waals surface area (Å²) in [5.41, 5.74) is 3.68. The minimum absolute atomic E-state index is 0.00475. The fourth-order valence-corrected chi connectivity index (χ4v) is 2.73. The van der Waals surface area contributed by atoms with Crippen LogP contribution in [0.1, 0.15) is 47.0 Å². The van der Waals surface area contributed by atoms with Gasteiger partial charge in [0.25, 0.3) is 0 Å². The van der Waals surface area contributed by atoms with Crippen LogP contribution in [0, 0.1) is 5.41 Å². The van der Waals surface area contributed by atoms with Crippen molar-refractivity contribution in [2.24, 2.45) is 5.41 Å². The monoisotopic (exact) mass is 290 g/mol. The lowest BCUT2D eigenvalue weighted by atomic mass is 9.72. The van der Waals surface area contributed by atoms with Crippen LogP contribution >= 0.6 is 0 Å². The van der Waals surface area contributed by atoms with Gasteiger partial charge in [-0.2, -0.15) is 0 Å². The van der Waals surface area contributed by atoms with Crippen LogP contribution in [0.15, 0.2) is 59.0 Å². The maximum atomic E-state index is 13.8. The van der Waals surface area contributed by atoms with Gasteiger partial charge in [-0.05, 0) is 56.3 Å². The Morgan fingerprint density at radius 3 is 2.67 bits per heavy atom. The Balaban J connectivity index is 2.78. The Labute approximate surface area is 128 Å². The maximum Gasteiger partial charge on any atom is 0.123 e. The van der Waals surface area contributed by atoms with E-state index in [-0.39, 0.29) is 17.8 Å². The number of aliphatic hydroxyl groups is 1. The van der Waals surface area contributed by atoms with Crippen LogP contribution in [0.5, 0.6) is 0 Å². The number of rotatable bonds is 5. The lowest BCUT2D eigenvalue weighted by Gasteiger charge is -2.32. The second-order valence-corrected chi connectivity index (χ2v) is 6.31. The molecule has 21 heavy (non-hydrogen) atoms. The van der Waals surface area contributed by atoms with E-state index in [1.807, 2.05) is 13.0 Å². The van der Waals surface area contributed by atoms with Crippen LogP contribution in [0.2, 0.25) is 0 Å². The highest BCUT2D eigenvalue weighted by molar-refractivity contribution is 5.36. The maximum absolute atomic E-state index is 13.8. The zero-order valence-corrected chi connectivity index (χ0v) is 13.6. The van der Waals surface area contributed by atoms with E-state index in [2.05, 4.69) is 20.8 Å². The molecule has 0 amide bonds. The molecule has 0 spiro atoms. The smallest absolute Gasteiger partial charge is 0.123 e. The first kappa shape index (κ1) is 17.6. The van der Waals surface area contributed by atoms with Gasteiger partial charge >= 0.3 is 0 Å². The van der Waals surface area contributed by atoms with E-state index < -0.39 is 0 Å². The van der Waals surface area contributed by atoms with Crippen molar-refractivity contribution in [2.45, 2.75) is 47.0 Å². The van der Waals surface area contributed by atoms with Crippen LogP contribution in [0.4, 0.5) is 4.39 Å². The molecule has 1 rings (SSSR count). The molecule has 0 fully saturated rings. The quantitative estimate of drug-likeness (QED) is 0.670. The minimum atomic E-state index is -0.260. The molecule has 0 aromatic rings. The molecule has 0 heterocycles. The Bertz CT molecular complexity index is 502. The Kier molecular flexibility index (Phi) is 6.83. The molecule has 0 bridgehead atoms. The molecular formula is C19H27FO. The Morgan fingerprint density at radius 1 is 1.33 bits per heavy atom. The van der Waals surface area contributed by atoms with Crippen molar-refractivity contribution < 1.29 is 9.50 Å². The van der Waals surface area contributed by atoms with Crippen LogP contribution in [-0.2, 0) is 0 Å². The van der Waals surface area contributed by atoms with E-state index >= 15 is 0 Å². The molecular weight excluding hydrogens is 263 g/mol. The summed E-state index contributed by atoms with van der Waals surface area (Å²) in [5.74, 6) is -0.260. The summed E-state index contributed by atoms with van der Waals surface area (Å²) >= 11 is 0. The molecule has 1 nitrogen and oxygen atoms in total. The number of hydrogen-bond donors (Lipinski definition) is 1. The normalized spacial score (nSPS) is 20.9. The molecule has 0 saturated heterocycles. The van der Waals surface area contributed by atoms with Gasteiger partial charge in [0, 0.05) is 0 Å². The van der Waals surface area contributed by atoms with E-state index in [0.717, 1.165) is 18.4 Å². The van der Waals surface area contributed by atoms with Gasteiger partial charge in [-0.3, -0.25) is 0 Å². The number of hydrogen-bond acceptors (Lipinski definition) is 1. The van der Waals surface area contributed by atoms with Gasteiger partial charge in [0.15, 0.2) is 0 Å². The number of allylic oxidation sites excluding steroid dienone is 9. The predicted octanol–water partition coefficient (Wildman–Crippen LogP) is 5.42. The summed E-state index contributed by atoms with van der Waals surface area (Å²) in [6, 6.07) is 0. The first-order valence-electron chi connectivity index (χ1n) is 7.56. The zero-order valence-electron chi connectivity index (χ0n) is 13.6. The van der Waals surface area contributed by atoms with E-state index in [9.17, 15) is 4.39 Å². The fraction of sp³-hybridized carbons (Fsp3) is 0.474. The Hall–Kier alpha value is -1.41. The van der Waals surface area contributed by atoms with Crippen molar-refractivity contribution >= 4 is 0 Å². The van der Waals surface area contributed by atoms with Gasteiger partial charge in [-0.1, -0.05) is 49.3 Å². The highest BCUT2D eigenvalue weighted by Crippen LogP contribution is 2.40. The van der Waals surface area contributed by atoms with Crippen LogP contribution in [-0.4, -0.2) is 11.7 Å². The van der Waals surface area contributed by atoms with Crippen LogP contribution < -0.4 is 0 Å². The summed E-state index contributed by atoms with van der Waals surface area (Å²) in [6.07, 6.45) is 13.5. The van der Waals surface area contributed by atoms with Gasteiger partial charge < -0.3 is 5.11 Å². The third-order valence-electron chi connectivity index (χ3n) is 3.98. The average molecular weight is 290 g/mol. The fourth-order valence-electron chi connectivity index (χ4n) is 2.73. The second kappa shape index (κ2) is 8.14. The van der Waals surface area contributed by atoms with E-state index in [1.165, 1.54) is 23.6 Å². The minimum Gasteiger partial charge on any atom is -0.392 e. The first-order valence-corrected chi connectivity index (χ1v) is 7.56. The number of halogens is 1. The van der Waals surface area contributed by atoms with Gasteiger partial charge in [0.1, 0.15) is 5.83 Å². The van der Waals surface area contributed by atoms with Crippen molar-refractivity contribution in [2.75, 3.05) is 6.61 Å².